The van der Waals surface area contributed by atoms with Gasteiger partial charge in [-0.2, -0.15) is 0 Å². The highest BCUT2D eigenvalue weighted by Gasteiger charge is 2.26. The molecule has 0 spiro atoms. The standard InChI is InChI=1S/C38H45NO5S.C28H29NO3S.2ClH/c1-37(2,3)35(40)43-29-16-12-27(13-17-29)34-32(31-19-18-30(25-33(31)45-34)44-36(41)38(4,5)6)24-26-10-14-28(15-11-26)42-23-22-39-20-8-7-9-21-39;30-22-8-6-21(7-9-22)28-26(25-13-10-23(31)19-27(25)33-28)18-20-4-11-24(12-5-20)32-17-16-29-14-2-1-3-15-29;;/h10-19,25H,7-9,20-24H2,1-6H3;4-13,19,30-31H,1-3,14-18H2;2*1H. The minimum absolute atomic E-state index is 0. The number of phenols is 2. The van der Waals surface area contributed by atoms with Gasteiger partial charge in [-0.1, -0.05) is 37.1 Å². The molecule has 0 bridgehead atoms. The number of benzene rings is 6. The lowest BCUT2D eigenvalue weighted by molar-refractivity contribution is -0.143. The molecule has 0 atom stereocenters. The Labute approximate surface area is 492 Å². The number of fused-ring (bicyclic) bond motifs is 2. The highest BCUT2D eigenvalue weighted by molar-refractivity contribution is 7.23. The lowest BCUT2D eigenvalue weighted by Crippen LogP contribution is -2.33. The number of aromatic hydroxyl groups is 2. The van der Waals surface area contributed by atoms with Crippen molar-refractivity contribution in [2.24, 2.45) is 10.8 Å². The first-order valence-corrected chi connectivity index (χ1v) is 29.2. The molecule has 10 nitrogen and oxygen atoms in total. The van der Waals surface area contributed by atoms with Crippen molar-refractivity contribution in [3.05, 3.63) is 156 Å². The van der Waals surface area contributed by atoms with Gasteiger partial charge in [-0.3, -0.25) is 19.4 Å². The van der Waals surface area contributed by atoms with Crippen molar-refractivity contribution < 1.29 is 38.7 Å². The van der Waals surface area contributed by atoms with Gasteiger partial charge in [-0.05, 0) is 260 Å². The van der Waals surface area contributed by atoms with E-state index >= 15 is 0 Å². The van der Waals surface area contributed by atoms with E-state index in [1.54, 1.807) is 40.9 Å². The zero-order chi connectivity index (χ0) is 54.8. The van der Waals surface area contributed by atoms with Gasteiger partial charge in [-0.25, -0.2) is 0 Å². The molecular weight excluding hydrogens is 1080 g/mol. The minimum atomic E-state index is -0.595. The largest absolute Gasteiger partial charge is 0.508 e. The smallest absolute Gasteiger partial charge is 0.316 e. The average molecular weight is 1160 g/mol. The highest BCUT2D eigenvalue weighted by atomic mass is 35.5. The fourth-order valence-electron chi connectivity index (χ4n) is 9.72. The van der Waals surface area contributed by atoms with Gasteiger partial charge in [0, 0.05) is 32.2 Å². The van der Waals surface area contributed by atoms with Gasteiger partial charge < -0.3 is 29.2 Å². The number of carbonyl (C=O) groups excluding carboxylic acids is 2. The molecule has 0 saturated carbocycles. The van der Waals surface area contributed by atoms with E-state index in [-0.39, 0.29) is 48.3 Å². The zero-order valence-corrected chi connectivity index (χ0v) is 50.2. The van der Waals surface area contributed by atoms with E-state index in [9.17, 15) is 19.8 Å². The first-order valence-electron chi connectivity index (χ1n) is 27.5. The van der Waals surface area contributed by atoms with E-state index in [2.05, 4.69) is 58.3 Å². The quantitative estimate of drug-likeness (QED) is 0.0715. The number of esters is 2. The van der Waals surface area contributed by atoms with Crippen molar-refractivity contribution in [2.45, 2.75) is 92.9 Å². The lowest BCUT2D eigenvalue weighted by atomic mass is 9.97. The van der Waals surface area contributed by atoms with Gasteiger partial charge >= 0.3 is 11.9 Å². The fraction of sp³-hybridized carbons (Fsp3) is 0.364. The summed E-state index contributed by atoms with van der Waals surface area (Å²) in [5.74, 6) is 2.86. The molecule has 2 aromatic heterocycles. The molecule has 2 aliphatic heterocycles. The summed E-state index contributed by atoms with van der Waals surface area (Å²) >= 11 is 3.34. The molecule has 10 rings (SSSR count). The number of nitrogens with zero attached hydrogens (tertiary/aromatic N) is 2. The molecule has 0 unspecified atom stereocenters. The van der Waals surface area contributed by atoms with Crippen LogP contribution < -0.4 is 18.9 Å². The van der Waals surface area contributed by atoms with Crippen LogP contribution in [0.15, 0.2) is 133 Å². The second kappa shape index (κ2) is 28.0. The van der Waals surface area contributed by atoms with Gasteiger partial charge in [0.05, 0.1) is 10.8 Å². The van der Waals surface area contributed by atoms with Crippen LogP contribution in [-0.4, -0.2) is 84.4 Å². The molecule has 2 aliphatic rings. The molecule has 80 heavy (non-hydrogen) atoms. The SMILES string of the molecule is CC(C)(C)C(=O)Oc1ccc(-c2sc3cc(OC(=O)C(C)(C)C)ccc3c2Cc2ccc(OCCN3CCCCC3)cc2)cc1.Cl.Cl.Oc1ccc(-c2sc3cc(O)ccc3c2Cc2ccc(OCCN3CCCCC3)cc2)cc1. The Hall–Kier alpha value is -6.12. The molecule has 4 heterocycles. The van der Waals surface area contributed by atoms with Crippen molar-refractivity contribution in [2.75, 3.05) is 52.5 Å². The number of phenolic OH excluding ortho intramolecular Hbond substituents is 2. The summed E-state index contributed by atoms with van der Waals surface area (Å²) in [4.78, 5) is 32.3. The Morgan fingerprint density at radius 1 is 0.463 bits per heavy atom. The summed E-state index contributed by atoms with van der Waals surface area (Å²) in [5.41, 5.74) is 5.75. The van der Waals surface area contributed by atoms with E-state index in [4.69, 9.17) is 18.9 Å². The normalized spacial score (nSPS) is 14.1. The van der Waals surface area contributed by atoms with E-state index in [0.717, 1.165) is 85.1 Å². The van der Waals surface area contributed by atoms with Crippen molar-refractivity contribution in [1.29, 1.82) is 0 Å². The molecule has 8 aromatic rings. The number of carbonyl (C=O) groups is 2. The Bertz CT molecular complexity index is 3280. The van der Waals surface area contributed by atoms with Crippen LogP contribution in [0.25, 0.3) is 41.1 Å². The molecule has 2 saturated heterocycles. The van der Waals surface area contributed by atoms with Gasteiger partial charge in [0.1, 0.15) is 47.7 Å². The molecule has 6 aromatic carbocycles. The van der Waals surface area contributed by atoms with E-state index < -0.39 is 10.8 Å². The number of hydrogen-bond acceptors (Lipinski definition) is 12. The maximum atomic E-state index is 12.6. The molecule has 2 fully saturated rings. The highest BCUT2D eigenvalue weighted by Crippen LogP contribution is 2.44. The van der Waals surface area contributed by atoms with Gasteiger partial charge in [0.15, 0.2) is 0 Å². The number of hydrogen-bond donors (Lipinski definition) is 2. The predicted octanol–water partition coefficient (Wildman–Crippen LogP) is 16.2. The molecular formula is C66H76Cl2N2O8S2. The molecule has 0 aliphatic carbocycles. The van der Waals surface area contributed by atoms with E-state index in [0.29, 0.717) is 18.1 Å². The lowest BCUT2D eigenvalue weighted by Gasteiger charge is -2.26. The van der Waals surface area contributed by atoms with Crippen LogP contribution in [-0.2, 0) is 22.4 Å². The summed E-state index contributed by atoms with van der Waals surface area (Å²) in [7, 11) is 0. The summed E-state index contributed by atoms with van der Waals surface area (Å²) in [6.45, 7) is 19.2. The predicted molar refractivity (Wildman–Crippen MR) is 333 cm³/mol. The first-order chi connectivity index (χ1) is 37.5. The number of piperidine rings is 2. The first kappa shape index (κ1) is 61.5. The third-order valence-corrected chi connectivity index (χ3v) is 16.8. The Morgan fingerprint density at radius 2 is 0.838 bits per heavy atom. The van der Waals surface area contributed by atoms with Gasteiger partial charge in [0.2, 0.25) is 0 Å². The van der Waals surface area contributed by atoms with Crippen LogP contribution in [0.5, 0.6) is 34.5 Å². The van der Waals surface area contributed by atoms with Crippen LogP contribution in [0.3, 0.4) is 0 Å². The fourth-order valence-corrected chi connectivity index (χ4v) is 12.2. The molecule has 0 amide bonds. The summed E-state index contributed by atoms with van der Waals surface area (Å²) in [6, 6.07) is 43.3. The summed E-state index contributed by atoms with van der Waals surface area (Å²) in [5, 5.41) is 21.9. The second-order valence-corrected chi connectivity index (χ2v) is 24.8. The Kier molecular flexibility index (Phi) is 21.6. The Balaban J connectivity index is 0.000000235. The maximum absolute atomic E-state index is 12.6. The molecule has 14 heteroatoms. The van der Waals surface area contributed by atoms with Crippen LogP contribution in [0.1, 0.15) is 102 Å². The van der Waals surface area contributed by atoms with Gasteiger partial charge in [0.25, 0.3) is 0 Å². The van der Waals surface area contributed by atoms with E-state index in [1.807, 2.05) is 108 Å². The van der Waals surface area contributed by atoms with Gasteiger partial charge in [-0.15, -0.1) is 47.5 Å². The molecule has 424 valence electrons. The minimum Gasteiger partial charge on any atom is -0.508 e. The Morgan fingerprint density at radius 3 is 1.29 bits per heavy atom. The van der Waals surface area contributed by atoms with E-state index in [1.165, 1.54) is 87.0 Å². The molecule has 2 N–H and O–H groups in total. The zero-order valence-electron chi connectivity index (χ0n) is 46.9. The van der Waals surface area contributed by atoms with Crippen LogP contribution in [0.4, 0.5) is 0 Å². The topological polar surface area (TPSA) is 118 Å². The number of halogens is 2. The number of rotatable bonds is 16. The van der Waals surface area contributed by atoms with Crippen LogP contribution in [0.2, 0.25) is 0 Å². The van der Waals surface area contributed by atoms with Crippen molar-refractivity contribution in [3.63, 3.8) is 0 Å². The summed E-state index contributed by atoms with van der Waals surface area (Å²) in [6.07, 6.45) is 9.38. The monoisotopic (exact) mass is 1160 g/mol. The number of ether oxygens (including phenoxy) is 4. The van der Waals surface area contributed by atoms with Crippen molar-refractivity contribution >= 4 is 79.6 Å². The second-order valence-electron chi connectivity index (χ2n) is 22.7. The van der Waals surface area contributed by atoms with Crippen LogP contribution >= 0.6 is 47.5 Å². The molecule has 0 radical (unpaired) electrons. The van der Waals surface area contributed by atoms with Crippen LogP contribution in [0, 0.1) is 10.8 Å². The van der Waals surface area contributed by atoms with Crippen molar-refractivity contribution in [3.8, 4) is 55.4 Å². The number of likely N-dealkylation sites (tertiary alicyclic amines) is 2. The average Bonchev–Trinajstić information content (AvgIpc) is 4.03. The summed E-state index contributed by atoms with van der Waals surface area (Å²) < 4.78 is 25.5. The maximum Gasteiger partial charge on any atom is 0.316 e. The van der Waals surface area contributed by atoms with Crippen molar-refractivity contribution in [1.82, 2.24) is 9.80 Å². The third kappa shape index (κ3) is 16.5. The number of thiophene rings is 2. The third-order valence-electron chi connectivity index (χ3n) is 14.3.